The summed E-state index contributed by atoms with van der Waals surface area (Å²) in [5.41, 5.74) is 2.78. The van der Waals surface area contributed by atoms with E-state index in [1.165, 1.54) is 12.0 Å². The number of hydrogen-bond donors (Lipinski definition) is 2. The molecule has 1 heterocycles. The van der Waals surface area contributed by atoms with E-state index in [1.807, 2.05) is 12.1 Å². The molecular formula is C24H30N2O3. The number of nitrogens with one attached hydrogen (secondary N) is 1. The number of nitrogens with zero attached hydrogens (tertiary/aromatic N) is 1. The van der Waals surface area contributed by atoms with Crippen molar-refractivity contribution in [2.75, 3.05) is 32.8 Å². The zero-order valence-electron chi connectivity index (χ0n) is 16.8. The summed E-state index contributed by atoms with van der Waals surface area (Å²) < 4.78 is 5.96. The number of carboxylic acid groups (broad SMARTS) is 1. The molecule has 5 heteroatoms. The monoisotopic (exact) mass is 394 g/mol. The summed E-state index contributed by atoms with van der Waals surface area (Å²) in [5, 5.41) is 13.0. The molecule has 1 aliphatic carbocycles. The van der Waals surface area contributed by atoms with Crippen molar-refractivity contribution in [3.05, 3.63) is 71.3 Å². The van der Waals surface area contributed by atoms with E-state index < -0.39 is 5.97 Å². The van der Waals surface area contributed by atoms with Gasteiger partial charge in [-0.25, -0.2) is 4.79 Å². The predicted octanol–water partition coefficient (Wildman–Crippen LogP) is 3.16. The minimum atomic E-state index is -0.841. The molecule has 2 aliphatic rings. The lowest BCUT2D eigenvalue weighted by molar-refractivity contribution is -0.0274. The number of ether oxygens (including phenoxy) is 1. The quantitative estimate of drug-likeness (QED) is 0.684. The highest BCUT2D eigenvalue weighted by Crippen LogP contribution is 2.40. The van der Waals surface area contributed by atoms with Crippen molar-refractivity contribution in [3.8, 4) is 0 Å². The molecule has 0 spiro atoms. The number of rotatable bonds is 9. The molecule has 0 bridgehead atoms. The minimum absolute atomic E-state index is 0.229. The van der Waals surface area contributed by atoms with Crippen molar-refractivity contribution in [3.63, 3.8) is 0 Å². The van der Waals surface area contributed by atoms with Crippen LogP contribution in [0.1, 0.15) is 40.2 Å². The summed E-state index contributed by atoms with van der Waals surface area (Å²) in [4.78, 5) is 13.8. The molecule has 0 aromatic heterocycles. The molecular weight excluding hydrogens is 364 g/mol. The smallest absolute Gasteiger partial charge is 0.335 e. The maximum absolute atomic E-state index is 11.3. The lowest BCUT2D eigenvalue weighted by atomic mass is 10.0. The molecule has 2 fully saturated rings. The van der Waals surface area contributed by atoms with Gasteiger partial charge in [0.25, 0.3) is 0 Å². The van der Waals surface area contributed by atoms with Crippen LogP contribution in [0.2, 0.25) is 0 Å². The Hall–Kier alpha value is -2.21. The molecule has 2 N–H and O–H groups in total. The Morgan fingerprint density at radius 1 is 1.14 bits per heavy atom. The van der Waals surface area contributed by atoms with Crippen LogP contribution in [0.4, 0.5) is 0 Å². The Labute approximate surface area is 172 Å². The third-order valence-electron chi connectivity index (χ3n) is 6.02. The number of morpholine rings is 1. The van der Waals surface area contributed by atoms with Gasteiger partial charge in [-0.3, -0.25) is 4.90 Å². The molecule has 4 rings (SSSR count). The molecule has 29 heavy (non-hydrogen) atoms. The molecule has 0 amide bonds. The average Bonchev–Trinajstić information content (AvgIpc) is 3.53. The SMILES string of the molecule is O=C(O)c1ccccc1CCCN1CCOC(CN[C@@H]2C[C@H]2c2ccccc2)C1. The van der Waals surface area contributed by atoms with Crippen LogP contribution in [-0.2, 0) is 11.2 Å². The Kier molecular flexibility index (Phi) is 6.60. The highest BCUT2D eigenvalue weighted by Gasteiger charge is 2.38. The van der Waals surface area contributed by atoms with Crippen molar-refractivity contribution >= 4 is 5.97 Å². The van der Waals surface area contributed by atoms with E-state index in [-0.39, 0.29) is 6.10 Å². The molecule has 3 atom stereocenters. The lowest BCUT2D eigenvalue weighted by Gasteiger charge is -2.33. The Morgan fingerprint density at radius 3 is 2.76 bits per heavy atom. The molecule has 0 radical (unpaired) electrons. The van der Waals surface area contributed by atoms with Crippen molar-refractivity contribution in [2.24, 2.45) is 0 Å². The van der Waals surface area contributed by atoms with Crippen LogP contribution >= 0.6 is 0 Å². The van der Waals surface area contributed by atoms with Gasteiger partial charge < -0.3 is 15.2 Å². The fourth-order valence-corrected chi connectivity index (χ4v) is 4.32. The second kappa shape index (κ2) is 9.53. The zero-order valence-corrected chi connectivity index (χ0v) is 16.8. The summed E-state index contributed by atoms with van der Waals surface area (Å²) >= 11 is 0. The number of hydrogen-bond acceptors (Lipinski definition) is 4. The van der Waals surface area contributed by atoms with E-state index in [2.05, 4.69) is 40.5 Å². The largest absolute Gasteiger partial charge is 0.478 e. The fourth-order valence-electron chi connectivity index (χ4n) is 4.32. The molecule has 2 aromatic rings. The average molecular weight is 395 g/mol. The van der Waals surface area contributed by atoms with Crippen molar-refractivity contribution in [2.45, 2.75) is 37.3 Å². The van der Waals surface area contributed by atoms with Gasteiger partial charge in [-0.1, -0.05) is 48.5 Å². The van der Waals surface area contributed by atoms with E-state index in [1.54, 1.807) is 12.1 Å². The van der Waals surface area contributed by atoms with Gasteiger partial charge in [0.1, 0.15) is 0 Å². The molecule has 2 aromatic carbocycles. The molecule has 5 nitrogen and oxygen atoms in total. The summed E-state index contributed by atoms with van der Waals surface area (Å²) in [6, 6.07) is 18.6. The van der Waals surface area contributed by atoms with E-state index in [4.69, 9.17) is 4.74 Å². The van der Waals surface area contributed by atoms with Gasteiger partial charge >= 0.3 is 5.97 Å². The number of carbonyl (C=O) groups is 1. The van der Waals surface area contributed by atoms with Gasteiger partial charge in [-0.05, 0) is 43.0 Å². The first kappa shape index (κ1) is 20.1. The van der Waals surface area contributed by atoms with Crippen molar-refractivity contribution < 1.29 is 14.6 Å². The number of aromatic carboxylic acids is 1. The predicted molar refractivity (Wildman–Crippen MR) is 113 cm³/mol. The third kappa shape index (κ3) is 5.44. The first-order valence-electron chi connectivity index (χ1n) is 10.6. The van der Waals surface area contributed by atoms with Gasteiger partial charge in [0.15, 0.2) is 0 Å². The number of carboxylic acids is 1. The topological polar surface area (TPSA) is 61.8 Å². The number of benzene rings is 2. The molecule has 1 saturated carbocycles. The molecule has 1 aliphatic heterocycles. The van der Waals surface area contributed by atoms with Gasteiger partial charge in [0.2, 0.25) is 0 Å². The van der Waals surface area contributed by atoms with Crippen LogP contribution < -0.4 is 5.32 Å². The second-order valence-electron chi connectivity index (χ2n) is 8.13. The first-order chi connectivity index (χ1) is 14.2. The fraction of sp³-hybridized carbons (Fsp3) is 0.458. The Balaban J connectivity index is 1.18. The highest BCUT2D eigenvalue weighted by atomic mass is 16.5. The molecule has 154 valence electrons. The molecule has 1 unspecified atom stereocenters. The van der Waals surface area contributed by atoms with E-state index in [9.17, 15) is 9.90 Å². The van der Waals surface area contributed by atoms with Crippen LogP contribution in [0.5, 0.6) is 0 Å². The van der Waals surface area contributed by atoms with E-state index in [0.717, 1.165) is 51.2 Å². The zero-order chi connectivity index (χ0) is 20.1. The maximum Gasteiger partial charge on any atom is 0.335 e. The van der Waals surface area contributed by atoms with E-state index in [0.29, 0.717) is 17.5 Å². The van der Waals surface area contributed by atoms with Crippen LogP contribution in [0.15, 0.2) is 54.6 Å². The Bertz CT molecular complexity index is 811. The van der Waals surface area contributed by atoms with Gasteiger partial charge in [-0.15, -0.1) is 0 Å². The molecule has 1 saturated heterocycles. The summed E-state index contributed by atoms with van der Waals surface area (Å²) in [7, 11) is 0. The summed E-state index contributed by atoms with van der Waals surface area (Å²) in [5.74, 6) is -0.197. The standard InChI is InChI=1S/C24H30N2O3/c27-24(28)21-11-5-4-9-18(21)10-6-12-26-13-14-29-20(17-26)16-25-23-15-22(23)19-7-2-1-3-8-19/h1-5,7-9,11,20,22-23,25H,6,10,12-17H2,(H,27,28)/t20?,22-,23+/m0/s1. The minimum Gasteiger partial charge on any atom is -0.478 e. The van der Waals surface area contributed by atoms with Crippen LogP contribution in [0.3, 0.4) is 0 Å². The maximum atomic E-state index is 11.3. The van der Waals surface area contributed by atoms with Crippen molar-refractivity contribution in [1.29, 1.82) is 0 Å². The van der Waals surface area contributed by atoms with Gasteiger partial charge in [0.05, 0.1) is 18.3 Å². The van der Waals surface area contributed by atoms with Gasteiger partial charge in [0, 0.05) is 31.6 Å². The van der Waals surface area contributed by atoms with E-state index >= 15 is 0 Å². The number of aryl methyl sites for hydroxylation is 1. The highest BCUT2D eigenvalue weighted by molar-refractivity contribution is 5.89. The first-order valence-corrected chi connectivity index (χ1v) is 10.6. The normalized spacial score (nSPS) is 24.3. The Morgan fingerprint density at radius 2 is 1.93 bits per heavy atom. The summed E-state index contributed by atoms with van der Waals surface area (Å²) in [6.07, 6.45) is 3.20. The van der Waals surface area contributed by atoms with Crippen LogP contribution in [0.25, 0.3) is 0 Å². The lowest BCUT2D eigenvalue weighted by Crippen LogP contribution is -2.47. The van der Waals surface area contributed by atoms with Crippen molar-refractivity contribution in [1.82, 2.24) is 10.2 Å². The second-order valence-corrected chi connectivity index (χ2v) is 8.13. The van der Waals surface area contributed by atoms with Crippen LogP contribution in [-0.4, -0.2) is 60.9 Å². The third-order valence-corrected chi connectivity index (χ3v) is 6.02. The van der Waals surface area contributed by atoms with Crippen LogP contribution in [0, 0.1) is 0 Å². The van der Waals surface area contributed by atoms with Gasteiger partial charge in [-0.2, -0.15) is 0 Å². The summed E-state index contributed by atoms with van der Waals surface area (Å²) in [6.45, 7) is 4.53.